The number of ether oxygens (including phenoxy) is 1. The molecule has 0 saturated carbocycles. The Morgan fingerprint density at radius 2 is 2.19 bits per heavy atom. The molecule has 7 nitrogen and oxygen atoms in total. The molecule has 142 valence electrons. The van der Waals surface area contributed by atoms with E-state index in [1.165, 1.54) is 0 Å². The summed E-state index contributed by atoms with van der Waals surface area (Å²) in [7, 11) is 1.64. The molecular formula is C20H25N5O2. The first-order chi connectivity index (χ1) is 13.0. The van der Waals surface area contributed by atoms with Gasteiger partial charge in [0.15, 0.2) is 0 Å². The van der Waals surface area contributed by atoms with Crippen LogP contribution in [0.3, 0.4) is 0 Å². The molecule has 0 aliphatic carbocycles. The molecule has 3 aromatic rings. The first-order valence-electron chi connectivity index (χ1n) is 8.96. The van der Waals surface area contributed by atoms with Crippen LogP contribution in [0.25, 0.3) is 5.69 Å². The van der Waals surface area contributed by atoms with Gasteiger partial charge in [0, 0.05) is 36.4 Å². The molecule has 2 heterocycles. The van der Waals surface area contributed by atoms with E-state index in [2.05, 4.69) is 20.6 Å². The lowest BCUT2D eigenvalue weighted by Gasteiger charge is -2.12. The quantitative estimate of drug-likeness (QED) is 0.672. The smallest absolute Gasteiger partial charge is 0.220 e. The highest BCUT2D eigenvalue weighted by Gasteiger charge is 2.14. The number of rotatable bonds is 7. The second kappa shape index (κ2) is 8.07. The van der Waals surface area contributed by atoms with Crippen molar-refractivity contribution in [1.29, 1.82) is 0 Å². The van der Waals surface area contributed by atoms with Gasteiger partial charge in [0.2, 0.25) is 5.91 Å². The van der Waals surface area contributed by atoms with E-state index in [9.17, 15) is 4.79 Å². The first kappa shape index (κ1) is 18.7. The molecule has 0 spiro atoms. The number of hydrogen-bond donors (Lipinski definition) is 2. The van der Waals surface area contributed by atoms with Gasteiger partial charge in [-0.25, -0.2) is 4.68 Å². The summed E-state index contributed by atoms with van der Waals surface area (Å²) in [6.07, 6.45) is 4.71. The van der Waals surface area contributed by atoms with E-state index >= 15 is 0 Å². The minimum Gasteiger partial charge on any atom is -0.497 e. The molecule has 27 heavy (non-hydrogen) atoms. The third-order valence-corrected chi connectivity index (χ3v) is 4.74. The Labute approximate surface area is 158 Å². The number of methoxy groups -OCH3 is 1. The van der Waals surface area contributed by atoms with Crippen LogP contribution in [-0.2, 0) is 11.2 Å². The highest BCUT2D eigenvalue weighted by molar-refractivity contribution is 5.76. The molecule has 0 saturated heterocycles. The van der Waals surface area contributed by atoms with Gasteiger partial charge in [0.05, 0.1) is 30.7 Å². The van der Waals surface area contributed by atoms with Gasteiger partial charge >= 0.3 is 0 Å². The summed E-state index contributed by atoms with van der Waals surface area (Å²) in [5.74, 6) is 0.770. The average molecular weight is 367 g/mol. The summed E-state index contributed by atoms with van der Waals surface area (Å²) in [6.45, 7) is 5.95. The summed E-state index contributed by atoms with van der Waals surface area (Å²) >= 11 is 0. The molecule has 1 atom stereocenters. The Morgan fingerprint density at radius 3 is 2.89 bits per heavy atom. The summed E-state index contributed by atoms with van der Waals surface area (Å²) < 4.78 is 7.03. The molecular weight excluding hydrogens is 342 g/mol. The monoisotopic (exact) mass is 367 g/mol. The second-order valence-electron chi connectivity index (χ2n) is 6.63. The van der Waals surface area contributed by atoms with E-state index in [0.29, 0.717) is 12.8 Å². The molecule has 0 bridgehead atoms. The molecule has 1 amide bonds. The lowest BCUT2D eigenvalue weighted by atomic mass is 10.1. The van der Waals surface area contributed by atoms with Crippen LogP contribution in [0.15, 0.2) is 36.7 Å². The van der Waals surface area contributed by atoms with Crippen molar-refractivity contribution in [3.63, 3.8) is 0 Å². The second-order valence-corrected chi connectivity index (χ2v) is 6.63. The van der Waals surface area contributed by atoms with E-state index in [0.717, 1.165) is 34.0 Å². The van der Waals surface area contributed by atoms with Gasteiger partial charge in [0.25, 0.3) is 0 Å². The molecule has 2 aromatic heterocycles. The van der Waals surface area contributed by atoms with Crippen LogP contribution in [0.2, 0.25) is 0 Å². The number of aromatic amines is 1. The van der Waals surface area contributed by atoms with Crippen LogP contribution in [0, 0.1) is 13.8 Å². The third kappa shape index (κ3) is 4.36. The van der Waals surface area contributed by atoms with Crippen molar-refractivity contribution in [1.82, 2.24) is 25.3 Å². The molecule has 3 rings (SSSR count). The predicted octanol–water partition coefficient (Wildman–Crippen LogP) is 3.03. The van der Waals surface area contributed by atoms with Crippen molar-refractivity contribution in [3.05, 3.63) is 59.2 Å². The van der Waals surface area contributed by atoms with Crippen LogP contribution in [-0.4, -0.2) is 33.0 Å². The Hall–Kier alpha value is -3.09. The highest BCUT2D eigenvalue weighted by Crippen LogP contribution is 2.19. The van der Waals surface area contributed by atoms with Crippen LogP contribution < -0.4 is 10.1 Å². The van der Waals surface area contributed by atoms with Crippen LogP contribution in [0.5, 0.6) is 5.75 Å². The largest absolute Gasteiger partial charge is 0.497 e. The van der Waals surface area contributed by atoms with Crippen molar-refractivity contribution in [2.45, 2.75) is 39.7 Å². The molecule has 0 aliphatic rings. The minimum atomic E-state index is -0.126. The minimum absolute atomic E-state index is 0.00307. The molecule has 2 N–H and O–H groups in total. The van der Waals surface area contributed by atoms with Gasteiger partial charge in [-0.05, 0) is 38.5 Å². The standard InChI is InChI=1S/C20H25N5O2/c1-13-14(2)23-24-19(13)8-9-20(26)22-15(3)16-11-21-25(12-16)17-6-5-7-18(10-17)27-4/h5-7,10-12,15H,8-9H2,1-4H3,(H,22,26)(H,23,24)/t15-/m1/s1. The maximum Gasteiger partial charge on any atom is 0.220 e. The SMILES string of the molecule is COc1cccc(-n2cc([C@@H](C)NC(=O)CCc3n[nH]c(C)c3C)cn2)c1. The van der Waals surface area contributed by atoms with Crippen molar-refractivity contribution in [2.75, 3.05) is 7.11 Å². The van der Waals surface area contributed by atoms with Gasteiger partial charge in [-0.15, -0.1) is 0 Å². The Kier molecular flexibility index (Phi) is 5.59. The predicted molar refractivity (Wildman–Crippen MR) is 103 cm³/mol. The molecule has 0 fully saturated rings. The highest BCUT2D eigenvalue weighted by atomic mass is 16.5. The fraction of sp³-hybridized carbons (Fsp3) is 0.350. The number of nitrogens with zero attached hydrogens (tertiary/aromatic N) is 3. The van der Waals surface area contributed by atoms with Gasteiger partial charge < -0.3 is 10.1 Å². The number of nitrogens with one attached hydrogen (secondary N) is 2. The molecule has 0 radical (unpaired) electrons. The number of amides is 1. The number of carbonyl (C=O) groups excluding carboxylic acids is 1. The fourth-order valence-electron chi connectivity index (χ4n) is 2.86. The van der Waals surface area contributed by atoms with E-state index in [1.54, 1.807) is 18.0 Å². The number of carbonyl (C=O) groups is 1. The molecule has 0 aliphatic heterocycles. The Morgan fingerprint density at radius 1 is 1.37 bits per heavy atom. The van der Waals surface area contributed by atoms with E-state index in [4.69, 9.17) is 4.74 Å². The van der Waals surface area contributed by atoms with Crippen molar-refractivity contribution < 1.29 is 9.53 Å². The molecule has 1 aromatic carbocycles. The fourth-order valence-corrected chi connectivity index (χ4v) is 2.86. The molecule has 7 heteroatoms. The summed E-state index contributed by atoms with van der Waals surface area (Å²) in [5, 5.41) is 14.6. The first-order valence-corrected chi connectivity index (χ1v) is 8.96. The maximum atomic E-state index is 12.3. The Balaban J connectivity index is 1.59. The zero-order chi connectivity index (χ0) is 19.4. The summed E-state index contributed by atoms with van der Waals surface area (Å²) in [5.41, 5.74) is 4.96. The third-order valence-electron chi connectivity index (χ3n) is 4.74. The zero-order valence-corrected chi connectivity index (χ0v) is 16.1. The number of aromatic nitrogens is 4. The number of hydrogen-bond acceptors (Lipinski definition) is 4. The van der Waals surface area contributed by atoms with Crippen LogP contribution in [0.4, 0.5) is 0 Å². The number of benzene rings is 1. The molecule has 0 unspecified atom stereocenters. The van der Waals surface area contributed by atoms with Crippen LogP contribution in [0.1, 0.15) is 41.9 Å². The van der Waals surface area contributed by atoms with Crippen molar-refractivity contribution in [3.8, 4) is 11.4 Å². The van der Waals surface area contributed by atoms with Gasteiger partial charge in [-0.1, -0.05) is 6.07 Å². The van der Waals surface area contributed by atoms with E-state index in [-0.39, 0.29) is 11.9 Å². The maximum absolute atomic E-state index is 12.3. The van der Waals surface area contributed by atoms with Gasteiger partial charge in [-0.3, -0.25) is 9.89 Å². The summed E-state index contributed by atoms with van der Waals surface area (Å²) in [4.78, 5) is 12.3. The lowest BCUT2D eigenvalue weighted by Crippen LogP contribution is -2.26. The zero-order valence-electron chi connectivity index (χ0n) is 16.1. The Bertz CT molecular complexity index is 928. The van der Waals surface area contributed by atoms with E-state index in [1.807, 2.05) is 51.2 Å². The number of H-pyrrole nitrogens is 1. The average Bonchev–Trinajstić information content (AvgIpc) is 3.28. The van der Waals surface area contributed by atoms with Crippen molar-refractivity contribution in [2.24, 2.45) is 0 Å². The van der Waals surface area contributed by atoms with Crippen LogP contribution >= 0.6 is 0 Å². The van der Waals surface area contributed by atoms with E-state index < -0.39 is 0 Å². The lowest BCUT2D eigenvalue weighted by molar-refractivity contribution is -0.121. The van der Waals surface area contributed by atoms with Gasteiger partial charge in [-0.2, -0.15) is 10.2 Å². The van der Waals surface area contributed by atoms with Crippen molar-refractivity contribution >= 4 is 5.91 Å². The van der Waals surface area contributed by atoms with Gasteiger partial charge in [0.1, 0.15) is 5.75 Å². The topological polar surface area (TPSA) is 84.8 Å². The normalized spacial score (nSPS) is 12.0. The number of aryl methyl sites for hydroxylation is 2. The summed E-state index contributed by atoms with van der Waals surface area (Å²) in [6, 6.07) is 7.54.